The Kier molecular flexibility index (Phi) is 3.25. The zero-order valence-electron chi connectivity index (χ0n) is 12.2. The fourth-order valence-electron chi connectivity index (χ4n) is 3.22. The van der Waals surface area contributed by atoms with E-state index in [-0.39, 0.29) is 22.3 Å². The summed E-state index contributed by atoms with van der Waals surface area (Å²) >= 11 is 5.90. The standard InChI is InChI=1S/C15H17ClN2O3S/c1-9-7-18(8-13(21-9)10-2-3-10)11-4-5-12-14(6-11)22(19,20)17-15(12)16/h4-6,9-10,13H,2-3,7-8H2,1H3/t9-,13-/m0/s1. The molecule has 7 heteroatoms. The molecule has 1 saturated carbocycles. The lowest BCUT2D eigenvalue weighted by Gasteiger charge is -2.38. The molecule has 5 nitrogen and oxygen atoms in total. The molecule has 3 aliphatic rings. The second kappa shape index (κ2) is 4.94. The van der Waals surface area contributed by atoms with Crippen LogP contribution in [0.5, 0.6) is 0 Å². The van der Waals surface area contributed by atoms with Gasteiger partial charge in [-0.1, -0.05) is 11.6 Å². The molecule has 1 aromatic carbocycles. The van der Waals surface area contributed by atoms with Crippen LogP contribution < -0.4 is 4.90 Å². The Labute approximate surface area is 135 Å². The third-order valence-electron chi connectivity index (χ3n) is 4.46. The predicted octanol–water partition coefficient (Wildman–Crippen LogP) is 2.38. The number of morpholine rings is 1. The average Bonchev–Trinajstić information content (AvgIpc) is 3.27. The Morgan fingerprint density at radius 2 is 2.09 bits per heavy atom. The summed E-state index contributed by atoms with van der Waals surface area (Å²) in [6.07, 6.45) is 2.85. The minimum atomic E-state index is -3.65. The van der Waals surface area contributed by atoms with Gasteiger partial charge in [0.25, 0.3) is 10.0 Å². The van der Waals surface area contributed by atoms with Crippen LogP contribution >= 0.6 is 11.6 Å². The molecule has 0 radical (unpaired) electrons. The average molecular weight is 341 g/mol. The second-order valence-electron chi connectivity index (χ2n) is 6.27. The third kappa shape index (κ3) is 2.43. The van der Waals surface area contributed by atoms with Gasteiger partial charge >= 0.3 is 0 Å². The van der Waals surface area contributed by atoms with Gasteiger partial charge in [0.2, 0.25) is 0 Å². The van der Waals surface area contributed by atoms with Crippen LogP contribution in [0.15, 0.2) is 27.5 Å². The summed E-state index contributed by atoms with van der Waals surface area (Å²) in [6.45, 7) is 3.63. The van der Waals surface area contributed by atoms with Crippen molar-refractivity contribution >= 4 is 32.5 Å². The van der Waals surface area contributed by atoms with Crippen molar-refractivity contribution in [1.29, 1.82) is 0 Å². The molecule has 2 heterocycles. The van der Waals surface area contributed by atoms with Crippen molar-refractivity contribution in [2.24, 2.45) is 10.3 Å². The van der Waals surface area contributed by atoms with Gasteiger partial charge in [-0.05, 0) is 43.9 Å². The fraction of sp³-hybridized carbons (Fsp3) is 0.533. The summed E-state index contributed by atoms with van der Waals surface area (Å²) in [7, 11) is -3.65. The van der Waals surface area contributed by atoms with E-state index in [0.29, 0.717) is 11.5 Å². The molecule has 0 N–H and O–H groups in total. The van der Waals surface area contributed by atoms with Gasteiger partial charge in [-0.15, -0.1) is 4.40 Å². The highest BCUT2D eigenvalue weighted by Crippen LogP contribution is 2.38. The molecule has 0 spiro atoms. The first kappa shape index (κ1) is 14.5. The lowest BCUT2D eigenvalue weighted by Crippen LogP contribution is -2.47. The molecule has 2 atom stereocenters. The van der Waals surface area contributed by atoms with Gasteiger partial charge in [0.1, 0.15) is 4.90 Å². The Bertz CT molecular complexity index is 758. The summed E-state index contributed by atoms with van der Waals surface area (Å²) in [5.41, 5.74) is 1.38. The highest BCUT2D eigenvalue weighted by molar-refractivity contribution is 7.91. The monoisotopic (exact) mass is 340 g/mol. The number of benzene rings is 1. The third-order valence-corrected chi connectivity index (χ3v) is 6.17. The van der Waals surface area contributed by atoms with E-state index in [9.17, 15) is 8.42 Å². The van der Waals surface area contributed by atoms with Gasteiger partial charge in [-0.3, -0.25) is 0 Å². The largest absolute Gasteiger partial charge is 0.371 e. The first-order valence-electron chi connectivity index (χ1n) is 7.49. The SMILES string of the molecule is C[C@H]1CN(c2ccc3c(c2)S(=O)(=O)N=C3Cl)C[C@@H](C2CC2)O1. The highest BCUT2D eigenvalue weighted by Gasteiger charge is 2.38. The summed E-state index contributed by atoms with van der Waals surface area (Å²) in [6, 6.07) is 5.35. The Morgan fingerprint density at radius 3 is 2.82 bits per heavy atom. The molecule has 1 aliphatic carbocycles. The van der Waals surface area contributed by atoms with E-state index >= 15 is 0 Å². The summed E-state index contributed by atoms with van der Waals surface area (Å²) < 4.78 is 33.6. The van der Waals surface area contributed by atoms with Crippen LogP contribution in [0.2, 0.25) is 0 Å². The number of hydrogen-bond acceptors (Lipinski definition) is 4. The minimum Gasteiger partial charge on any atom is -0.371 e. The van der Waals surface area contributed by atoms with Crippen LogP contribution in [0.1, 0.15) is 25.3 Å². The zero-order valence-corrected chi connectivity index (χ0v) is 13.8. The van der Waals surface area contributed by atoms with E-state index in [1.807, 2.05) is 6.07 Å². The van der Waals surface area contributed by atoms with Gasteiger partial charge in [0.05, 0.1) is 12.2 Å². The van der Waals surface area contributed by atoms with Crippen molar-refractivity contribution in [3.05, 3.63) is 23.8 Å². The summed E-state index contributed by atoms with van der Waals surface area (Å²) in [5.74, 6) is 0.654. The number of hydrogen-bond donors (Lipinski definition) is 0. The normalized spacial score (nSPS) is 30.1. The maximum atomic E-state index is 12.0. The molecule has 1 saturated heterocycles. The van der Waals surface area contributed by atoms with Crippen molar-refractivity contribution in [3.63, 3.8) is 0 Å². The maximum Gasteiger partial charge on any atom is 0.284 e. The van der Waals surface area contributed by atoms with Crippen LogP contribution in [-0.4, -0.2) is 38.9 Å². The van der Waals surface area contributed by atoms with Gasteiger partial charge in [-0.2, -0.15) is 8.42 Å². The Hall–Kier alpha value is -1.11. The predicted molar refractivity (Wildman–Crippen MR) is 85.3 cm³/mol. The van der Waals surface area contributed by atoms with Crippen LogP contribution in [-0.2, 0) is 14.8 Å². The zero-order chi connectivity index (χ0) is 15.5. The van der Waals surface area contributed by atoms with Gasteiger partial charge in [0.15, 0.2) is 5.17 Å². The number of anilines is 1. The number of fused-ring (bicyclic) bond motifs is 1. The smallest absolute Gasteiger partial charge is 0.284 e. The topological polar surface area (TPSA) is 59.0 Å². The molecule has 0 bridgehead atoms. The summed E-state index contributed by atoms with van der Waals surface area (Å²) in [5, 5.41) is 0.0488. The lowest BCUT2D eigenvalue weighted by molar-refractivity contribution is -0.0271. The van der Waals surface area contributed by atoms with Crippen molar-refractivity contribution in [1.82, 2.24) is 0 Å². The second-order valence-corrected chi connectivity index (χ2v) is 8.20. The Balaban J connectivity index is 1.66. The molecule has 0 aromatic heterocycles. The molecule has 22 heavy (non-hydrogen) atoms. The molecular weight excluding hydrogens is 324 g/mol. The fourth-order valence-corrected chi connectivity index (χ4v) is 4.83. The van der Waals surface area contributed by atoms with Gasteiger partial charge < -0.3 is 9.64 Å². The molecule has 4 rings (SSSR count). The molecule has 0 amide bonds. The molecule has 2 fully saturated rings. The van der Waals surface area contributed by atoms with Crippen LogP contribution in [0.25, 0.3) is 0 Å². The number of halogens is 1. The maximum absolute atomic E-state index is 12.0. The van der Waals surface area contributed by atoms with Gasteiger partial charge in [0, 0.05) is 24.3 Å². The summed E-state index contributed by atoms with van der Waals surface area (Å²) in [4.78, 5) is 2.41. The van der Waals surface area contributed by atoms with E-state index < -0.39 is 10.0 Å². The first-order chi connectivity index (χ1) is 10.4. The minimum absolute atomic E-state index is 0.0488. The molecule has 118 valence electrons. The van der Waals surface area contributed by atoms with Gasteiger partial charge in [-0.25, -0.2) is 0 Å². The van der Waals surface area contributed by atoms with Crippen LogP contribution in [0, 0.1) is 5.92 Å². The lowest BCUT2D eigenvalue weighted by atomic mass is 10.1. The molecule has 1 aromatic rings. The number of nitrogens with zero attached hydrogens (tertiary/aromatic N) is 2. The van der Waals surface area contributed by atoms with E-state index in [4.69, 9.17) is 16.3 Å². The first-order valence-corrected chi connectivity index (χ1v) is 9.31. The molecule has 0 unspecified atom stereocenters. The van der Waals surface area contributed by atoms with E-state index in [2.05, 4.69) is 16.2 Å². The number of sulfonamides is 1. The Morgan fingerprint density at radius 1 is 1.32 bits per heavy atom. The van der Waals surface area contributed by atoms with Crippen molar-refractivity contribution < 1.29 is 13.2 Å². The van der Waals surface area contributed by atoms with Crippen molar-refractivity contribution in [3.8, 4) is 0 Å². The van der Waals surface area contributed by atoms with Crippen LogP contribution in [0.4, 0.5) is 5.69 Å². The molecule has 2 aliphatic heterocycles. The molecular formula is C15H17ClN2O3S. The quantitative estimate of drug-likeness (QED) is 0.829. The van der Waals surface area contributed by atoms with E-state index in [1.54, 1.807) is 12.1 Å². The van der Waals surface area contributed by atoms with E-state index in [0.717, 1.165) is 18.8 Å². The number of ether oxygens (including phenoxy) is 1. The number of rotatable bonds is 2. The highest BCUT2D eigenvalue weighted by atomic mass is 35.5. The van der Waals surface area contributed by atoms with Crippen LogP contribution in [0.3, 0.4) is 0 Å². The van der Waals surface area contributed by atoms with Crippen molar-refractivity contribution in [2.75, 3.05) is 18.0 Å². The van der Waals surface area contributed by atoms with Crippen molar-refractivity contribution in [2.45, 2.75) is 36.9 Å². The van der Waals surface area contributed by atoms with E-state index in [1.165, 1.54) is 12.8 Å².